The van der Waals surface area contributed by atoms with Crippen molar-refractivity contribution in [3.05, 3.63) is 90.2 Å². The molecule has 0 unspecified atom stereocenters. The highest BCUT2D eigenvalue weighted by Gasteiger charge is 2.13. The van der Waals surface area contributed by atoms with E-state index in [1.54, 1.807) is 48.3 Å². The van der Waals surface area contributed by atoms with Crippen molar-refractivity contribution in [3.63, 3.8) is 0 Å². The van der Waals surface area contributed by atoms with Crippen LogP contribution in [0, 0.1) is 5.82 Å². The van der Waals surface area contributed by atoms with Gasteiger partial charge in [0, 0.05) is 29.7 Å². The van der Waals surface area contributed by atoms with Crippen LogP contribution in [0.4, 0.5) is 21.5 Å². The summed E-state index contributed by atoms with van der Waals surface area (Å²) in [6.07, 6.45) is 0. The maximum absolute atomic E-state index is 12.9. The lowest BCUT2D eigenvalue weighted by atomic mass is 10.1. The molecule has 0 saturated heterocycles. The quantitative estimate of drug-likeness (QED) is 0.678. The number of hydrogen-bond donors (Lipinski definition) is 2. The molecule has 3 rings (SSSR count). The first-order valence-corrected chi connectivity index (χ1v) is 8.75. The summed E-state index contributed by atoms with van der Waals surface area (Å²) in [5, 5.41) is 5.67. The van der Waals surface area contributed by atoms with Gasteiger partial charge in [-0.3, -0.25) is 9.59 Å². The highest BCUT2D eigenvalue weighted by atomic mass is 19.1. The van der Waals surface area contributed by atoms with E-state index in [4.69, 9.17) is 0 Å². The molecule has 0 aliphatic rings. The minimum absolute atomic E-state index is 0.0447. The van der Waals surface area contributed by atoms with Crippen molar-refractivity contribution in [1.29, 1.82) is 0 Å². The molecule has 0 fully saturated rings. The molecule has 28 heavy (non-hydrogen) atoms. The number of carbonyl (C=O) groups excluding carboxylic acids is 2. The molecule has 0 atom stereocenters. The summed E-state index contributed by atoms with van der Waals surface area (Å²) >= 11 is 0. The molecule has 0 aliphatic carbocycles. The van der Waals surface area contributed by atoms with Gasteiger partial charge in [-0.25, -0.2) is 4.39 Å². The Balaban J connectivity index is 1.55. The summed E-state index contributed by atoms with van der Waals surface area (Å²) < 4.78 is 12.9. The largest absolute Gasteiger partial charge is 0.376 e. The van der Waals surface area contributed by atoms with Crippen LogP contribution in [0.5, 0.6) is 0 Å². The highest BCUT2D eigenvalue weighted by molar-refractivity contribution is 6.06. The van der Waals surface area contributed by atoms with Crippen molar-refractivity contribution >= 4 is 28.9 Å². The van der Waals surface area contributed by atoms with Crippen molar-refractivity contribution < 1.29 is 14.0 Å². The molecule has 6 heteroatoms. The van der Waals surface area contributed by atoms with Gasteiger partial charge in [0.25, 0.3) is 5.91 Å². The van der Waals surface area contributed by atoms with Crippen LogP contribution < -0.4 is 15.5 Å². The van der Waals surface area contributed by atoms with Crippen LogP contribution in [0.15, 0.2) is 78.9 Å². The standard InChI is InChI=1S/C22H20FN3O2/c1-26(20-5-3-2-4-6-20)22(28)16-7-11-19(12-8-16)25-21(27)15-24-18-13-9-17(23)10-14-18/h2-14,24H,15H2,1H3,(H,25,27). The first-order chi connectivity index (χ1) is 13.5. The van der Waals surface area contributed by atoms with E-state index < -0.39 is 0 Å². The Labute approximate surface area is 162 Å². The predicted molar refractivity (Wildman–Crippen MR) is 109 cm³/mol. The van der Waals surface area contributed by atoms with Gasteiger partial charge in [0.15, 0.2) is 0 Å². The van der Waals surface area contributed by atoms with Gasteiger partial charge in [0.2, 0.25) is 5.91 Å². The van der Waals surface area contributed by atoms with Gasteiger partial charge in [-0.05, 0) is 60.7 Å². The number of para-hydroxylation sites is 1. The van der Waals surface area contributed by atoms with Crippen molar-refractivity contribution in [2.24, 2.45) is 0 Å². The SMILES string of the molecule is CN(C(=O)c1ccc(NC(=O)CNc2ccc(F)cc2)cc1)c1ccccc1. The zero-order valence-corrected chi connectivity index (χ0v) is 15.4. The molecule has 2 N–H and O–H groups in total. The number of halogens is 1. The number of carbonyl (C=O) groups is 2. The Morgan fingerprint density at radius 3 is 2.11 bits per heavy atom. The maximum Gasteiger partial charge on any atom is 0.258 e. The van der Waals surface area contributed by atoms with Gasteiger partial charge in [-0.2, -0.15) is 0 Å². The summed E-state index contributed by atoms with van der Waals surface area (Å²) in [7, 11) is 1.72. The predicted octanol–water partition coefficient (Wildman–Crippen LogP) is 4.15. The molecule has 2 amide bonds. The summed E-state index contributed by atoms with van der Waals surface area (Å²) in [6, 6.07) is 21.8. The summed E-state index contributed by atoms with van der Waals surface area (Å²) in [5.74, 6) is -0.714. The number of benzene rings is 3. The Morgan fingerprint density at radius 1 is 0.857 bits per heavy atom. The van der Waals surface area contributed by atoms with Gasteiger partial charge < -0.3 is 15.5 Å². The maximum atomic E-state index is 12.9. The zero-order valence-electron chi connectivity index (χ0n) is 15.4. The fraction of sp³-hybridized carbons (Fsp3) is 0.0909. The average Bonchev–Trinajstić information content (AvgIpc) is 2.73. The van der Waals surface area contributed by atoms with Gasteiger partial charge >= 0.3 is 0 Å². The molecule has 0 bridgehead atoms. The number of nitrogens with one attached hydrogen (secondary N) is 2. The Morgan fingerprint density at radius 2 is 1.46 bits per heavy atom. The van der Waals surface area contributed by atoms with E-state index in [0.29, 0.717) is 16.9 Å². The van der Waals surface area contributed by atoms with E-state index in [-0.39, 0.29) is 24.2 Å². The van der Waals surface area contributed by atoms with Crippen molar-refractivity contribution in [2.45, 2.75) is 0 Å². The first-order valence-electron chi connectivity index (χ1n) is 8.75. The minimum Gasteiger partial charge on any atom is -0.376 e. The molecule has 3 aromatic rings. The molecule has 142 valence electrons. The van der Waals surface area contributed by atoms with E-state index in [1.165, 1.54) is 12.1 Å². The van der Waals surface area contributed by atoms with Crippen LogP contribution in [0.25, 0.3) is 0 Å². The van der Waals surface area contributed by atoms with E-state index >= 15 is 0 Å². The van der Waals surface area contributed by atoms with Gasteiger partial charge in [-0.15, -0.1) is 0 Å². The van der Waals surface area contributed by atoms with E-state index in [2.05, 4.69) is 10.6 Å². The number of rotatable bonds is 6. The number of amides is 2. The van der Waals surface area contributed by atoms with Crippen LogP contribution in [0.3, 0.4) is 0 Å². The number of hydrogen-bond acceptors (Lipinski definition) is 3. The molecule has 0 radical (unpaired) electrons. The number of nitrogens with zero attached hydrogens (tertiary/aromatic N) is 1. The lowest BCUT2D eigenvalue weighted by Crippen LogP contribution is -2.26. The smallest absolute Gasteiger partial charge is 0.258 e. The zero-order chi connectivity index (χ0) is 19.9. The normalized spacial score (nSPS) is 10.2. The summed E-state index contributed by atoms with van der Waals surface area (Å²) in [5.41, 5.74) is 2.57. The Kier molecular flexibility index (Phi) is 6.01. The molecule has 0 aromatic heterocycles. The topological polar surface area (TPSA) is 61.4 Å². The van der Waals surface area contributed by atoms with Crippen molar-refractivity contribution in [3.8, 4) is 0 Å². The van der Waals surface area contributed by atoms with Gasteiger partial charge in [-0.1, -0.05) is 18.2 Å². The van der Waals surface area contributed by atoms with E-state index in [1.807, 2.05) is 30.3 Å². The van der Waals surface area contributed by atoms with Crippen molar-refractivity contribution in [2.75, 3.05) is 29.1 Å². The fourth-order valence-electron chi connectivity index (χ4n) is 2.61. The van der Waals surface area contributed by atoms with Crippen LogP contribution in [0.1, 0.15) is 10.4 Å². The lowest BCUT2D eigenvalue weighted by molar-refractivity contribution is -0.114. The second kappa shape index (κ2) is 8.81. The second-order valence-corrected chi connectivity index (χ2v) is 6.19. The third kappa shape index (κ3) is 4.94. The minimum atomic E-state index is -0.331. The summed E-state index contributed by atoms with van der Waals surface area (Å²) in [4.78, 5) is 26.2. The third-order valence-corrected chi connectivity index (χ3v) is 4.16. The first kappa shape index (κ1) is 19.1. The average molecular weight is 377 g/mol. The van der Waals surface area contributed by atoms with Crippen molar-refractivity contribution in [1.82, 2.24) is 0 Å². The molecular weight excluding hydrogens is 357 g/mol. The lowest BCUT2D eigenvalue weighted by Gasteiger charge is -2.17. The van der Waals surface area contributed by atoms with Crippen LogP contribution in [-0.4, -0.2) is 25.4 Å². The van der Waals surface area contributed by atoms with E-state index in [0.717, 1.165) is 5.69 Å². The monoisotopic (exact) mass is 377 g/mol. The summed E-state index contributed by atoms with van der Waals surface area (Å²) in [6.45, 7) is 0.0447. The van der Waals surface area contributed by atoms with Crippen LogP contribution in [-0.2, 0) is 4.79 Å². The molecular formula is C22H20FN3O2. The fourth-order valence-corrected chi connectivity index (χ4v) is 2.61. The van der Waals surface area contributed by atoms with E-state index in [9.17, 15) is 14.0 Å². The van der Waals surface area contributed by atoms with Gasteiger partial charge in [0.05, 0.1) is 6.54 Å². The number of anilines is 3. The molecule has 0 heterocycles. The highest BCUT2D eigenvalue weighted by Crippen LogP contribution is 2.16. The molecule has 0 saturated carbocycles. The molecule has 0 aliphatic heterocycles. The second-order valence-electron chi connectivity index (χ2n) is 6.19. The molecule has 5 nitrogen and oxygen atoms in total. The third-order valence-electron chi connectivity index (χ3n) is 4.16. The van der Waals surface area contributed by atoms with Crippen LogP contribution in [0.2, 0.25) is 0 Å². The Bertz CT molecular complexity index is 942. The van der Waals surface area contributed by atoms with Crippen LogP contribution >= 0.6 is 0 Å². The molecule has 0 spiro atoms. The molecule has 3 aromatic carbocycles. The van der Waals surface area contributed by atoms with Gasteiger partial charge in [0.1, 0.15) is 5.82 Å². The Hall–Kier alpha value is -3.67.